The number of hydrogen-bond acceptors (Lipinski definition) is 13. The third kappa shape index (κ3) is 16.3. The molecule has 0 spiro atoms. The van der Waals surface area contributed by atoms with Crippen LogP contribution in [-0.4, -0.2) is 140 Å². The van der Waals surface area contributed by atoms with Crippen molar-refractivity contribution in [2.24, 2.45) is 0 Å². The molecule has 0 atom stereocenters. The maximum Gasteiger partial charge on any atom is 0.674 e. The fraction of sp³-hybridized carbons (Fsp3) is 1.00. The molecule has 0 saturated carbocycles. The standard InChI is InChI=1S/C18H42O13Si2/c1-19-7-13-25-32(26-14-8-20-2,27-15-9-21-3)31-33(28-16-10-22-4,29-17-11-23-5)30-18-12-24-6/h7-18H2,1-6H3. The van der Waals surface area contributed by atoms with Crippen molar-refractivity contribution in [1.82, 2.24) is 0 Å². The molecule has 0 aliphatic rings. The summed E-state index contributed by atoms with van der Waals surface area (Å²) >= 11 is 0. The van der Waals surface area contributed by atoms with Crippen LogP contribution in [0, 0.1) is 0 Å². The Balaban J connectivity index is 5.91. The predicted molar refractivity (Wildman–Crippen MR) is 120 cm³/mol. The molecular formula is C18H42O13Si2. The topological polar surface area (TPSA) is 120 Å². The molecule has 13 nitrogen and oxygen atoms in total. The average molecular weight is 523 g/mol. The molecule has 0 radical (unpaired) electrons. The first-order chi connectivity index (χ1) is 16.1. The van der Waals surface area contributed by atoms with Gasteiger partial charge in [0, 0.05) is 42.7 Å². The van der Waals surface area contributed by atoms with Crippen LogP contribution in [0.1, 0.15) is 0 Å². The second-order valence-corrected chi connectivity index (χ2v) is 10.7. The van der Waals surface area contributed by atoms with Gasteiger partial charge < -0.3 is 59.1 Å². The molecule has 0 aliphatic heterocycles. The van der Waals surface area contributed by atoms with Gasteiger partial charge in [0.05, 0.1) is 79.3 Å². The molecule has 200 valence electrons. The fourth-order valence-electron chi connectivity index (χ4n) is 2.08. The van der Waals surface area contributed by atoms with Crippen LogP contribution in [0.4, 0.5) is 0 Å². The van der Waals surface area contributed by atoms with Crippen molar-refractivity contribution < 1.29 is 59.1 Å². The number of ether oxygens (including phenoxy) is 6. The minimum atomic E-state index is -3.90. The van der Waals surface area contributed by atoms with Crippen LogP contribution < -0.4 is 0 Å². The van der Waals surface area contributed by atoms with Crippen molar-refractivity contribution in [3.05, 3.63) is 0 Å². The van der Waals surface area contributed by atoms with Gasteiger partial charge in [0.1, 0.15) is 0 Å². The third-order valence-corrected chi connectivity index (χ3v) is 8.99. The average Bonchev–Trinajstić information content (AvgIpc) is 2.80. The number of rotatable bonds is 26. The quantitative estimate of drug-likeness (QED) is 0.111. The van der Waals surface area contributed by atoms with Crippen LogP contribution in [0.25, 0.3) is 0 Å². The van der Waals surface area contributed by atoms with E-state index in [-0.39, 0.29) is 79.3 Å². The molecule has 15 heteroatoms. The van der Waals surface area contributed by atoms with E-state index >= 15 is 0 Å². The smallest absolute Gasteiger partial charge is 0.382 e. The van der Waals surface area contributed by atoms with E-state index < -0.39 is 18.1 Å². The highest BCUT2D eigenvalue weighted by molar-refractivity contribution is 6.68. The van der Waals surface area contributed by atoms with E-state index in [0.717, 1.165) is 0 Å². The van der Waals surface area contributed by atoms with Crippen LogP contribution in [-0.2, 0) is 59.1 Å². The van der Waals surface area contributed by atoms with Gasteiger partial charge >= 0.3 is 18.1 Å². The first-order valence-electron chi connectivity index (χ1n) is 10.5. The molecule has 0 bridgehead atoms. The van der Waals surface area contributed by atoms with Gasteiger partial charge in [-0.2, -0.15) is 0 Å². The Morgan fingerprint density at radius 1 is 0.303 bits per heavy atom. The van der Waals surface area contributed by atoms with Gasteiger partial charge in [-0.1, -0.05) is 0 Å². The van der Waals surface area contributed by atoms with Gasteiger partial charge in [0.25, 0.3) is 0 Å². The first-order valence-corrected chi connectivity index (χ1v) is 13.8. The van der Waals surface area contributed by atoms with Crippen LogP contribution >= 0.6 is 0 Å². The number of methoxy groups -OCH3 is 6. The fourth-order valence-corrected chi connectivity index (χ4v) is 7.22. The molecule has 0 aromatic carbocycles. The Hall–Kier alpha value is -0.0862. The second kappa shape index (κ2) is 22.4. The molecule has 0 aromatic heterocycles. The highest BCUT2D eigenvalue weighted by atomic mass is 28.5. The Morgan fingerprint density at radius 3 is 0.636 bits per heavy atom. The zero-order valence-electron chi connectivity index (χ0n) is 20.8. The SMILES string of the molecule is COCCO[Si](OCCOC)(OCCOC)O[Si](OCCOC)(OCCOC)OCCOC. The lowest BCUT2D eigenvalue weighted by Gasteiger charge is -2.35. The summed E-state index contributed by atoms with van der Waals surface area (Å²) < 4.78 is 72.8. The van der Waals surface area contributed by atoms with Gasteiger partial charge in [-0.3, -0.25) is 0 Å². The van der Waals surface area contributed by atoms with Gasteiger partial charge in [-0.15, -0.1) is 0 Å². The van der Waals surface area contributed by atoms with Crippen LogP contribution in [0.2, 0.25) is 0 Å². The Labute approximate surface area is 199 Å². The van der Waals surface area contributed by atoms with Gasteiger partial charge in [-0.05, 0) is 0 Å². The van der Waals surface area contributed by atoms with E-state index in [1.807, 2.05) is 0 Å². The minimum Gasteiger partial charge on any atom is -0.382 e. The van der Waals surface area contributed by atoms with E-state index in [0.29, 0.717) is 0 Å². The van der Waals surface area contributed by atoms with Gasteiger partial charge in [0.2, 0.25) is 0 Å². The van der Waals surface area contributed by atoms with Crippen molar-refractivity contribution in [2.75, 3.05) is 122 Å². The lowest BCUT2D eigenvalue weighted by molar-refractivity contribution is -0.0869. The van der Waals surface area contributed by atoms with Crippen LogP contribution in [0.3, 0.4) is 0 Å². The van der Waals surface area contributed by atoms with Crippen molar-refractivity contribution in [3.8, 4) is 0 Å². The monoisotopic (exact) mass is 522 g/mol. The Bertz CT molecular complexity index is 334. The summed E-state index contributed by atoms with van der Waals surface area (Å²) in [6.07, 6.45) is 0. The normalized spacial score (nSPS) is 12.5. The number of hydrogen-bond donors (Lipinski definition) is 0. The lowest BCUT2D eigenvalue weighted by Crippen LogP contribution is -2.63. The molecule has 0 unspecified atom stereocenters. The predicted octanol–water partition coefficient (Wildman–Crippen LogP) is -0.148. The summed E-state index contributed by atoms with van der Waals surface area (Å²) in [6, 6.07) is 0. The Morgan fingerprint density at radius 2 is 0.485 bits per heavy atom. The summed E-state index contributed by atoms with van der Waals surface area (Å²) in [7, 11) is 1.53. The van der Waals surface area contributed by atoms with E-state index in [2.05, 4.69) is 0 Å². The maximum absolute atomic E-state index is 6.32. The van der Waals surface area contributed by atoms with E-state index in [9.17, 15) is 0 Å². The highest BCUT2D eigenvalue weighted by Crippen LogP contribution is 2.23. The lowest BCUT2D eigenvalue weighted by atomic mass is 10.8. The molecule has 0 amide bonds. The summed E-state index contributed by atoms with van der Waals surface area (Å²) in [5.74, 6) is 0. The van der Waals surface area contributed by atoms with E-state index in [1.165, 1.54) is 0 Å². The van der Waals surface area contributed by atoms with Crippen LogP contribution in [0.15, 0.2) is 0 Å². The molecule has 0 rings (SSSR count). The largest absolute Gasteiger partial charge is 0.674 e. The van der Waals surface area contributed by atoms with E-state index in [4.69, 9.17) is 59.1 Å². The zero-order valence-corrected chi connectivity index (χ0v) is 22.8. The molecule has 0 fully saturated rings. The van der Waals surface area contributed by atoms with Crippen molar-refractivity contribution in [2.45, 2.75) is 0 Å². The second-order valence-electron chi connectivity index (χ2n) is 6.15. The summed E-state index contributed by atoms with van der Waals surface area (Å²) in [5.41, 5.74) is 0. The summed E-state index contributed by atoms with van der Waals surface area (Å²) in [5, 5.41) is 0. The highest BCUT2D eigenvalue weighted by Gasteiger charge is 2.60. The third-order valence-electron chi connectivity index (χ3n) is 3.65. The molecule has 33 heavy (non-hydrogen) atoms. The molecule has 0 heterocycles. The van der Waals surface area contributed by atoms with Crippen LogP contribution in [0.5, 0.6) is 0 Å². The molecular weight excluding hydrogens is 480 g/mol. The summed E-state index contributed by atoms with van der Waals surface area (Å²) in [4.78, 5) is 0. The van der Waals surface area contributed by atoms with Crippen molar-refractivity contribution in [3.63, 3.8) is 0 Å². The summed E-state index contributed by atoms with van der Waals surface area (Å²) in [6.45, 7) is 2.55. The van der Waals surface area contributed by atoms with Gasteiger partial charge in [0.15, 0.2) is 0 Å². The molecule has 0 saturated heterocycles. The Kier molecular flexibility index (Phi) is 22.3. The minimum absolute atomic E-state index is 0.140. The van der Waals surface area contributed by atoms with Crippen molar-refractivity contribution >= 4 is 18.1 Å². The molecule has 0 aromatic rings. The zero-order chi connectivity index (χ0) is 24.7. The molecule has 0 aliphatic carbocycles. The van der Waals surface area contributed by atoms with Crippen molar-refractivity contribution in [1.29, 1.82) is 0 Å². The van der Waals surface area contributed by atoms with Gasteiger partial charge in [-0.25, -0.2) is 0 Å². The first kappa shape index (κ1) is 32.9. The van der Waals surface area contributed by atoms with E-state index in [1.54, 1.807) is 42.7 Å². The maximum atomic E-state index is 6.32. The molecule has 0 N–H and O–H groups in total.